The van der Waals surface area contributed by atoms with Crippen molar-refractivity contribution >= 4 is 10.3 Å². The van der Waals surface area contributed by atoms with Crippen molar-refractivity contribution in [3.63, 3.8) is 0 Å². The Balaban J connectivity index is 3.60. The van der Waals surface area contributed by atoms with Gasteiger partial charge >= 0.3 is 10.3 Å². The van der Waals surface area contributed by atoms with Gasteiger partial charge in [0.1, 0.15) is 0 Å². The Morgan fingerprint density at radius 1 is 1.71 bits per heavy atom. The van der Waals surface area contributed by atoms with E-state index in [0.717, 1.165) is 0 Å². The molecule has 43 valence electrons. The zero-order valence-electron chi connectivity index (χ0n) is 3.59. The molecule has 0 spiro atoms. The molecule has 0 saturated carbocycles. The van der Waals surface area contributed by atoms with E-state index in [2.05, 4.69) is 6.92 Å². The van der Waals surface area contributed by atoms with E-state index in [0.29, 0.717) is 0 Å². The fraction of sp³-hybridized carbons (Fsp3) is 0.500. The molecular formula is C2H6NO3S. The minimum Gasteiger partial charge on any atom is -0.273 e. The third-order valence-electron chi connectivity index (χ3n) is 0.284. The smallest absolute Gasteiger partial charge is 0.273 e. The van der Waals surface area contributed by atoms with Gasteiger partial charge in [-0.1, -0.05) is 0 Å². The Labute approximate surface area is 42.4 Å². The lowest BCUT2D eigenvalue weighted by Crippen LogP contribution is -2.21. The predicted molar refractivity (Wildman–Crippen MR) is 24.9 cm³/mol. The Morgan fingerprint density at radius 3 is 2.14 bits per heavy atom. The first-order chi connectivity index (χ1) is 3.06. The second-order valence-electron chi connectivity index (χ2n) is 0.869. The molecule has 0 rings (SSSR count). The zero-order chi connectivity index (χ0) is 5.91. The molecule has 0 unspecified atom stereocenters. The minimum absolute atomic E-state index is 0.0289. The molecule has 0 atom stereocenters. The van der Waals surface area contributed by atoms with Crippen molar-refractivity contribution in [1.29, 1.82) is 0 Å². The lowest BCUT2D eigenvalue weighted by molar-refractivity contribution is 0.471. The zero-order valence-corrected chi connectivity index (χ0v) is 4.40. The molecule has 5 heteroatoms. The maximum Gasteiger partial charge on any atom is 0.333 e. The summed E-state index contributed by atoms with van der Waals surface area (Å²) in [5.74, 6) is 0. The van der Waals surface area contributed by atoms with Crippen molar-refractivity contribution in [1.82, 2.24) is 4.72 Å². The first-order valence-electron chi connectivity index (χ1n) is 1.57. The highest BCUT2D eigenvalue weighted by atomic mass is 32.2. The summed E-state index contributed by atoms with van der Waals surface area (Å²) in [7, 11) is -3.99. The molecule has 1 radical (unpaired) electrons. The van der Waals surface area contributed by atoms with E-state index in [-0.39, 0.29) is 6.54 Å². The largest absolute Gasteiger partial charge is 0.333 e. The Kier molecular flexibility index (Phi) is 2.21. The monoisotopic (exact) mass is 124 g/mol. The van der Waals surface area contributed by atoms with Gasteiger partial charge in [-0.25, -0.2) is 0 Å². The van der Waals surface area contributed by atoms with Gasteiger partial charge < -0.3 is 0 Å². The Hall–Kier alpha value is -0.130. The van der Waals surface area contributed by atoms with Gasteiger partial charge in [0.25, 0.3) is 0 Å². The second kappa shape index (κ2) is 2.25. The van der Waals surface area contributed by atoms with Gasteiger partial charge in [-0.3, -0.25) is 4.55 Å². The second-order valence-corrected chi connectivity index (χ2v) is 2.11. The Bertz CT molecular complexity index is 126. The molecule has 0 amide bonds. The molecule has 4 nitrogen and oxygen atoms in total. The van der Waals surface area contributed by atoms with Gasteiger partial charge in [-0.2, -0.15) is 13.1 Å². The van der Waals surface area contributed by atoms with Crippen molar-refractivity contribution in [2.24, 2.45) is 0 Å². The van der Waals surface area contributed by atoms with Crippen LogP contribution in [0.15, 0.2) is 0 Å². The first kappa shape index (κ1) is 6.87. The van der Waals surface area contributed by atoms with E-state index >= 15 is 0 Å². The van der Waals surface area contributed by atoms with Crippen LogP contribution in [0.1, 0.15) is 0 Å². The molecule has 0 aliphatic heterocycles. The highest BCUT2D eigenvalue weighted by Crippen LogP contribution is 1.66. The number of rotatable bonds is 2. The fourth-order valence-corrected chi connectivity index (χ4v) is 0.387. The lowest BCUT2D eigenvalue weighted by atomic mass is 10.8. The van der Waals surface area contributed by atoms with Crippen LogP contribution in [0.5, 0.6) is 0 Å². The van der Waals surface area contributed by atoms with Gasteiger partial charge in [0, 0.05) is 6.54 Å². The fourth-order valence-electron chi connectivity index (χ4n) is 0.129. The molecule has 7 heavy (non-hydrogen) atoms. The molecule has 0 aromatic rings. The van der Waals surface area contributed by atoms with Crippen LogP contribution in [0.4, 0.5) is 0 Å². The van der Waals surface area contributed by atoms with Crippen molar-refractivity contribution < 1.29 is 13.0 Å². The summed E-state index contributed by atoms with van der Waals surface area (Å²) in [6, 6.07) is 0. The van der Waals surface area contributed by atoms with Gasteiger partial charge in [0.15, 0.2) is 0 Å². The molecule has 0 aromatic carbocycles. The van der Waals surface area contributed by atoms with Gasteiger partial charge in [0.05, 0.1) is 0 Å². The molecule has 0 fully saturated rings. The van der Waals surface area contributed by atoms with Gasteiger partial charge in [-0.15, -0.1) is 0 Å². The molecule has 0 aliphatic carbocycles. The van der Waals surface area contributed by atoms with Crippen LogP contribution >= 0.6 is 0 Å². The summed E-state index contributed by atoms with van der Waals surface area (Å²) in [5, 5.41) is 0. The first-order valence-corrected chi connectivity index (χ1v) is 3.01. The van der Waals surface area contributed by atoms with Gasteiger partial charge in [-0.05, 0) is 6.92 Å². The van der Waals surface area contributed by atoms with E-state index in [1.165, 1.54) is 0 Å². The molecular weight excluding hydrogens is 118 g/mol. The van der Waals surface area contributed by atoms with Crippen LogP contribution in [-0.4, -0.2) is 19.5 Å². The third kappa shape index (κ3) is 5.87. The topological polar surface area (TPSA) is 66.4 Å². The normalized spacial score (nSPS) is 11.7. The summed E-state index contributed by atoms with van der Waals surface area (Å²) in [6.07, 6.45) is 0. The maximum absolute atomic E-state index is 9.64. The predicted octanol–water partition coefficient (Wildman–Crippen LogP) is -0.787. The van der Waals surface area contributed by atoms with E-state index in [9.17, 15) is 8.42 Å². The summed E-state index contributed by atoms with van der Waals surface area (Å²) in [6.45, 7) is 3.09. The summed E-state index contributed by atoms with van der Waals surface area (Å²) < 4.78 is 28.8. The third-order valence-corrected chi connectivity index (χ3v) is 0.853. The van der Waals surface area contributed by atoms with Crippen LogP contribution in [0.25, 0.3) is 0 Å². The van der Waals surface area contributed by atoms with E-state index in [1.807, 2.05) is 0 Å². The summed E-state index contributed by atoms with van der Waals surface area (Å²) in [5.41, 5.74) is 0. The van der Waals surface area contributed by atoms with Crippen LogP contribution < -0.4 is 4.72 Å². The highest BCUT2D eigenvalue weighted by Gasteiger charge is 1.95. The molecule has 0 saturated heterocycles. The Morgan fingerprint density at radius 2 is 2.14 bits per heavy atom. The van der Waals surface area contributed by atoms with Crippen LogP contribution in [0.2, 0.25) is 0 Å². The number of hydrogen-bond donors (Lipinski definition) is 2. The van der Waals surface area contributed by atoms with Crippen molar-refractivity contribution in [3.8, 4) is 0 Å². The van der Waals surface area contributed by atoms with E-state index < -0.39 is 10.3 Å². The molecule has 0 heterocycles. The van der Waals surface area contributed by atoms with Crippen molar-refractivity contribution in [3.05, 3.63) is 6.92 Å². The maximum atomic E-state index is 9.64. The highest BCUT2D eigenvalue weighted by molar-refractivity contribution is 7.83. The van der Waals surface area contributed by atoms with Crippen LogP contribution in [-0.2, 0) is 10.3 Å². The van der Waals surface area contributed by atoms with Crippen molar-refractivity contribution in [2.45, 2.75) is 0 Å². The standard InChI is InChI=1S/C2H6NO3S/c1-2-3-7(4,5)6/h3H,1-2H2,(H,4,5,6). The minimum atomic E-state index is -3.99. The summed E-state index contributed by atoms with van der Waals surface area (Å²) >= 11 is 0. The van der Waals surface area contributed by atoms with Gasteiger partial charge in [0.2, 0.25) is 0 Å². The SMILES string of the molecule is [CH2]CNS(=O)(=O)O. The lowest BCUT2D eigenvalue weighted by Gasteiger charge is -1.89. The number of nitrogens with one attached hydrogen (secondary N) is 1. The molecule has 0 aromatic heterocycles. The summed E-state index contributed by atoms with van der Waals surface area (Å²) in [4.78, 5) is 0. The molecule has 0 aliphatic rings. The van der Waals surface area contributed by atoms with E-state index in [4.69, 9.17) is 4.55 Å². The molecule has 2 N–H and O–H groups in total. The van der Waals surface area contributed by atoms with Crippen molar-refractivity contribution in [2.75, 3.05) is 6.54 Å². The number of hydrogen-bond acceptors (Lipinski definition) is 2. The van der Waals surface area contributed by atoms with Crippen LogP contribution in [0, 0.1) is 6.92 Å². The average molecular weight is 124 g/mol. The quantitative estimate of drug-likeness (QED) is 0.474. The van der Waals surface area contributed by atoms with E-state index in [1.54, 1.807) is 4.72 Å². The molecule has 0 bridgehead atoms. The average Bonchev–Trinajstić information content (AvgIpc) is 1.30. The van der Waals surface area contributed by atoms with Crippen LogP contribution in [0.3, 0.4) is 0 Å².